The summed E-state index contributed by atoms with van der Waals surface area (Å²) in [6.07, 6.45) is -0.294. The van der Waals surface area contributed by atoms with Gasteiger partial charge in [0.1, 0.15) is 0 Å². The van der Waals surface area contributed by atoms with Gasteiger partial charge in [0.05, 0.1) is 33.0 Å². The predicted octanol–water partition coefficient (Wildman–Crippen LogP) is 0.411. The Balaban J connectivity index is 3.28. The Morgan fingerprint density at radius 3 is 2.07 bits per heavy atom. The van der Waals surface area contributed by atoms with Crippen molar-refractivity contribution in [3.63, 3.8) is 0 Å². The van der Waals surface area contributed by atoms with Crippen molar-refractivity contribution in [1.29, 1.82) is 0 Å². The van der Waals surface area contributed by atoms with Crippen LogP contribution in [0.3, 0.4) is 0 Å². The molecule has 0 bridgehead atoms. The molecule has 0 saturated carbocycles. The summed E-state index contributed by atoms with van der Waals surface area (Å²) < 4.78 is 20.9. The zero-order valence-corrected chi connectivity index (χ0v) is 9.61. The van der Waals surface area contributed by atoms with E-state index in [-0.39, 0.29) is 12.9 Å². The van der Waals surface area contributed by atoms with Crippen LogP contribution in [0.2, 0.25) is 0 Å². The minimum absolute atomic E-state index is 0.0422. The van der Waals surface area contributed by atoms with Gasteiger partial charge in [-0.15, -0.1) is 0 Å². The van der Waals surface area contributed by atoms with E-state index in [2.05, 4.69) is 0 Å². The zero-order chi connectivity index (χ0) is 11.4. The lowest BCUT2D eigenvalue weighted by Gasteiger charge is -2.16. The summed E-state index contributed by atoms with van der Waals surface area (Å²) in [5.41, 5.74) is 0. The molecule has 0 fully saturated rings. The van der Waals surface area contributed by atoms with Crippen LogP contribution in [0.4, 0.5) is 0 Å². The second-order valence-corrected chi connectivity index (χ2v) is 2.75. The molecule has 0 aliphatic rings. The highest BCUT2D eigenvalue weighted by atomic mass is 16.7. The topological polar surface area (TPSA) is 57.2 Å². The van der Waals surface area contributed by atoms with E-state index in [1.54, 1.807) is 0 Å². The first-order valence-corrected chi connectivity index (χ1v) is 5.34. The molecule has 0 aromatic heterocycles. The molecular weight excluding hydrogens is 200 g/mol. The molecule has 5 heteroatoms. The SMILES string of the molecule is CCOC(COCCOCCO)OCC. The smallest absolute Gasteiger partial charge is 0.180 e. The zero-order valence-electron chi connectivity index (χ0n) is 9.61. The number of hydrogen-bond donors (Lipinski definition) is 1. The van der Waals surface area contributed by atoms with Crippen molar-refractivity contribution in [3.8, 4) is 0 Å². The molecule has 0 amide bonds. The summed E-state index contributed by atoms with van der Waals surface area (Å²) in [5, 5.41) is 8.45. The standard InChI is InChI=1S/C10H22O5/c1-3-14-10(15-4-2)9-13-8-7-12-6-5-11/h10-11H,3-9H2,1-2H3. The van der Waals surface area contributed by atoms with Crippen molar-refractivity contribution in [3.05, 3.63) is 0 Å². The van der Waals surface area contributed by atoms with E-state index in [0.717, 1.165) is 0 Å². The van der Waals surface area contributed by atoms with Crippen molar-refractivity contribution in [1.82, 2.24) is 0 Å². The fraction of sp³-hybridized carbons (Fsp3) is 1.00. The maximum Gasteiger partial charge on any atom is 0.180 e. The molecule has 0 atom stereocenters. The first kappa shape index (κ1) is 14.8. The van der Waals surface area contributed by atoms with Crippen LogP contribution >= 0.6 is 0 Å². The van der Waals surface area contributed by atoms with E-state index in [0.29, 0.717) is 39.6 Å². The molecule has 0 aliphatic carbocycles. The summed E-state index contributed by atoms with van der Waals surface area (Å²) in [6, 6.07) is 0. The van der Waals surface area contributed by atoms with Crippen LogP contribution in [0.15, 0.2) is 0 Å². The Morgan fingerprint density at radius 2 is 1.53 bits per heavy atom. The molecule has 5 nitrogen and oxygen atoms in total. The van der Waals surface area contributed by atoms with E-state index in [4.69, 9.17) is 24.1 Å². The second-order valence-electron chi connectivity index (χ2n) is 2.75. The number of hydrogen-bond acceptors (Lipinski definition) is 5. The van der Waals surface area contributed by atoms with Gasteiger partial charge in [0, 0.05) is 13.2 Å². The molecule has 1 N–H and O–H groups in total. The van der Waals surface area contributed by atoms with Gasteiger partial charge in [-0.1, -0.05) is 0 Å². The summed E-state index contributed by atoms with van der Waals surface area (Å²) in [6.45, 7) is 6.80. The van der Waals surface area contributed by atoms with Crippen molar-refractivity contribution in [2.24, 2.45) is 0 Å². The van der Waals surface area contributed by atoms with E-state index >= 15 is 0 Å². The van der Waals surface area contributed by atoms with Crippen molar-refractivity contribution < 1.29 is 24.1 Å². The van der Waals surface area contributed by atoms with Gasteiger partial charge in [-0.3, -0.25) is 0 Å². The van der Waals surface area contributed by atoms with Gasteiger partial charge in [-0.25, -0.2) is 0 Å². The fourth-order valence-electron chi connectivity index (χ4n) is 0.980. The molecular formula is C10H22O5. The minimum Gasteiger partial charge on any atom is -0.394 e. The maximum atomic E-state index is 8.45. The van der Waals surface area contributed by atoms with Crippen molar-refractivity contribution in [2.75, 3.05) is 46.2 Å². The highest BCUT2D eigenvalue weighted by Crippen LogP contribution is 1.96. The van der Waals surface area contributed by atoms with Gasteiger partial charge in [0.15, 0.2) is 6.29 Å². The third-order valence-electron chi connectivity index (χ3n) is 1.57. The van der Waals surface area contributed by atoms with Gasteiger partial charge in [0.2, 0.25) is 0 Å². The quantitative estimate of drug-likeness (QED) is 0.405. The molecule has 0 radical (unpaired) electrons. The highest BCUT2D eigenvalue weighted by molar-refractivity contribution is 4.41. The van der Waals surface area contributed by atoms with E-state index in [9.17, 15) is 0 Å². The van der Waals surface area contributed by atoms with Crippen LogP contribution in [0.25, 0.3) is 0 Å². The number of rotatable bonds is 11. The molecule has 15 heavy (non-hydrogen) atoms. The van der Waals surface area contributed by atoms with Gasteiger partial charge < -0.3 is 24.1 Å². The molecule has 0 aliphatic heterocycles. The summed E-state index contributed by atoms with van der Waals surface area (Å²) in [4.78, 5) is 0. The van der Waals surface area contributed by atoms with Crippen LogP contribution in [-0.2, 0) is 18.9 Å². The van der Waals surface area contributed by atoms with E-state index in [1.165, 1.54) is 0 Å². The average molecular weight is 222 g/mol. The molecule has 0 aromatic carbocycles. The van der Waals surface area contributed by atoms with E-state index in [1.807, 2.05) is 13.8 Å². The third kappa shape index (κ3) is 10.1. The normalized spacial score (nSPS) is 11.2. The summed E-state index contributed by atoms with van der Waals surface area (Å²) in [5.74, 6) is 0. The highest BCUT2D eigenvalue weighted by Gasteiger charge is 2.06. The fourth-order valence-corrected chi connectivity index (χ4v) is 0.980. The van der Waals surface area contributed by atoms with E-state index < -0.39 is 0 Å². The first-order chi connectivity index (χ1) is 7.35. The Bertz CT molecular complexity index is 114. The lowest BCUT2D eigenvalue weighted by atomic mass is 10.6. The minimum atomic E-state index is -0.294. The molecule has 0 aromatic rings. The Morgan fingerprint density at radius 1 is 0.933 bits per heavy atom. The summed E-state index contributed by atoms with van der Waals surface area (Å²) in [7, 11) is 0. The van der Waals surface area contributed by atoms with Crippen molar-refractivity contribution >= 4 is 0 Å². The first-order valence-electron chi connectivity index (χ1n) is 5.34. The molecule has 92 valence electrons. The lowest BCUT2D eigenvalue weighted by Crippen LogP contribution is -2.24. The third-order valence-corrected chi connectivity index (χ3v) is 1.57. The molecule has 0 heterocycles. The van der Waals surface area contributed by atoms with Crippen molar-refractivity contribution in [2.45, 2.75) is 20.1 Å². The van der Waals surface area contributed by atoms with Gasteiger partial charge in [0.25, 0.3) is 0 Å². The second kappa shape index (κ2) is 11.9. The van der Waals surface area contributed by atoms with Gasteiger partial charge >= 0.3 is 0 Å². The molecule has 0 unspecified atom stereocenters. The Kier molecular flexibility index (Phi) is 11.7. The molecule has 0 spiro atoms. The average Bonchev–Trinajstić information content (AvgIpc) is 2.24. The maximum absolute atomic E-state index is 8.45. The van der Waals surface area contributed by atoms with Gasteiger partial charge in [-0.2, -0.15) is 0 Å². The van der Waals surface area contributed by atoms with Crippen LogP contribution in [0.1, 0.15) is 13.8 Å². The number of aliphatic hydroxyl groups excluding tert-OH is 1. The molecule has 0 rings (SSSR count). The number of ether oxygens (including phenoxy) is 4. The summed E-state index contributed by atoms with van der Waals surface area (Å²) >= 11 is 0. The lowest BCUT2D eigenvalue weighted by molar-refractivity contribution is -0.169. The van der Waals surface area contributed by atoms with Crippen LogP contribution in [-0.4, -0.2) is 57.6 Å². The van der Waals surface area contributed by atoms with Crippen LogP contribution < -0.4 is 0 Å². The Hall–Kier alpha value is -0.200. The monoisotopic (exact) mass is 222 g/mol. The molecule has 0 saturated heterocycles. The predicted molar refractivity (Wildman–Crippen MR) is 55.8 cm³/mol. The largest absolute Gasteiger partial charge is 0.394 e. The number of aliphatic hydroxyl groups is 1. The van der Waals surface area contributed by atoms with Gasteiger partial charge in [-0.05, 0) is 13.8 Å². The van der Waals surface area contributed by atoms with Crippen LogP contribution in [0.5, 0.6) is 0 Å². The van der Waals surface area contributed by atoms with Crippen LogP contribution in [0, 0.1) is 0 Å². The Labute approximate surface area is 91.3 Å².